The molecule has 0 aliphatic heterocycles. The van der Waals surface area contributed by atoms with Gasteiger partial charge >= 0.3 is 0 Å². The lowest BCUT2D eigenvalue weighted by molar-refractivity contribution is 0.100. The summed E-state index contributed by atoms with van der Waals surface area (Å²) in [5.74, 6) is -0.794. The molecule has 0 bridgehead atoms. The van der Waals surface area contributed by atoms with Crippen molar-refractivity contribution in [1.29, 1.82) is 0 Å². The van der Waals surface area contributed by atoms with Gasteiger partial charge in [-0.2, -0.15) is 0 Å². The molecule has 4 N–H and O–H groups in total. The second-order valence-corrected chi connectivity index (χ2v) is 8.66. The zero-order valence-corrected chi connectivity index (χ0v) is 17.6. The average molecular weight is 433 g/mol. The predicted octanol–water partition coefficient (Wildman–Crippen LogP) is 1.80. The fourth-order valence-electron chi connectivity index (χ4n) is 2.88. The Hall–Kier alpha value is -3.11. The molecule has 0 aromatic heterocycles. The maximum absolute atomic E-state index is 12.9. The van der Waals surface area contributed by atoms with E-state index < -0.39 is 21.8 Å². The molecule has 0 unspecified atom stereocenters. The van der Waals surface area contributed by atoms with Gasteiger partial charge in [0.1, 0.15) is 0 Å². The summed E-state index contributed by atoms with van der Waals surface area (Å²) in [5, 5.41) is 2.62. The summed E-state index contributed by atoms with van der Waals surface area (Å²) in [6, 6.07) is 7.03. The van der Waals surface area contributed by atoms with Crippen LogP contribution in [0.15, 0.2) is 35.2 Å². The molecule has 0 saturated heterocycles. The van der Waals surface area contributed by atoms with E-state index in [1.165, 1.54) is 38.5 Å². The monoisotopic (exact) mass is 433 g/mol. The lowest BCUT2D eigenvalue weighted by Crippen LogP contribution is -2.26. The SMILES string of the molecule is COc1cc(NC(=O)c2cc(S(=O)(=O)NC3CC3)ccc2C)c(C(N)=O)cc1OC. The van der Waals surface area contributed by atoms with E-state index in [9.17, 15) is 18.0 Å². The number of aryl methyl sites for hydroxylation is 1. The number of sulfonamides is 1. The molecule has 2 amide bonds. The normalized spacial score (nSPS) is 13.6. The zero-order chi connectivity index (χ0) is 22.1. The highest BCUT2D eigenvalue weighted by Crippen LogP contribution is 2.33. The van der Waals surface area contributed by atoms with Crippen LogP contribution in [-0.2, 0) is 10.0 Å². The molecule has 2 aromatic carbocycles. The van der Waals surface area contributed by atoms with Gasteiger partial charge in [-0.05, 0) is 43.5 Å². The highest BCUT2D eigenvalue weighted by Gasteiger charge is 2.28. The van der Waals surface area contributed by atoms with Crippen LogP contribution in [0.3, 0.4) is 0 Å². The van der Waals surface area contributed by atoms with E-state index in [0.29, 0.717) is 11.3 Å². The smallest absolute Gasteiger partial charge is 0.255 e. The van der Waals surface area contributed by atoms with E-state index in [4.69, 9.17) is 15.2 Å². The Morgan fingerprint density at radius 1 is 1.03 bits per heavy atom. The van der Waals surface area contributed by atoms with Crippen LogP contribution in [0.4, 0.5) is 5.69 Å². The molecule has 1 saturated carbocycles. The largest absolute Gasteiger partial charge is 0.493 e. The summed E-state index contributed by atoms with van der Waals surface area (Å²) in [6.45, 7) is 1.68. The molecule has 0 spiro atoms. The molecule has 0 atom stereocenters. The number of carbonyl (C=O) groups excluding carboxylic acids is 2. The van der Waals surface area contributed by atoms with Crippen molar-refractivity contribution in [3.8, 4) is 11.5 Å². The van der Waals surface area contributed by atoms with E-state index in [1.54, 1.807) is 13.0 Å². The minimum Gasteiger partial charge on any atom is -0.493 e. The van der Waals surface area contributed by atoms with Crippen LogP contribution in [0.1, 0.15) is 39.1 Å². The number of nitrogens with two attached hydrogens (primary N) is 1. The molecule has 1 aliphatic carbocycles. The quantitative estimate of drug-likeness (QED) is 0.581. The van der Waals surface area contributed by atoms with Crippen LogP contribution in [0.2, 0.25) is 0 Å². The summed E-state index contributed by atoms with van der Waals surface area (Å²) in [5.41, 5.74) is 6.30. The van der Waals surface area contributed by atoms with Crippen molar-refractivity contribution in [2.45, 2.75) is 30.7 Å². The van der Waals surface area contributed by atoms with Crippen molar-refractivity contribution in [2.24, 2.45) is 5.73 Å². The summed E-state index contributed by atoms with van der Waals surface area (Å²) in [4.78, 5) is 24.8. The van der Waals surface area contributed by atoms with Crippen LogP contribution < -0.4 is 25.2 Å². The van der Waals surface area contributed by atoms with Gasteiger partial charge < -0.3 is 20.5 Å². The van der Waals surface area contributed by atoms with Crippen LogP contribution in [0.25, 0.3) is 0 Å². The number of ether oxygens (including phenoxy) is 2. The van der Waals surface area contributed by atoms with Crippen LogP contribution in [0.5, 0.6) is 11.5 Å². The van der Waals surface area contributed by atoms with Crippen molar-refractivity contribution < 1.29 is 27.5 Å². The lowest BCUT2D eigenvalue weighted by Gasteiger charge is -2.15. The Morgan fingerprint density at radius 2 is 1.67 bits per heavy atom. The standard InChI is InChI=1S/C20H23N3O6S/c1-11-4-7-13(30(26,27)23-12-5-6-12)8-14(11)20(25)22-16-10-18(29-3)17(28-2)9-15(16)19(21)24/h4,7-10,12,23H,5-6H2,1-3H3,(H2,21,24)(H,22,25). The molecule has 1 aliphatic rings. The fourth-order valence-corrected chi connectivity index (χ4v) is 4.21. The maximum atomic E-state index is 12.9. The topological polar surface area (TPSA) is 137 Å². The Bertz CT molecular complexity index is 1110. The number of carbonyl (C=O) groups is 2. The highest BCUT2D eigenvalue weighted by molar-refractivity contribution is 7.89. The average Bonchev–Trinajstić information content (AvgIpc) is 3.50. The molecule has 0 radical (unpaired) electrons. The van der Waals surface area contributed by atoms with E-state index in [0.717, 1.165) is 12.8 Å². The number of hydrogen-bond donors (Lipinski definition) is 3. The zero-order valence-electron chi connectivity index (χ0n) is 16.8. The van der Waals surface area contributed by atoms with Crippen molar-refractivity contribution in [1.82, 2.24) is 4.72 Å². The van der Waals surface area contributed by atoms with Crippen molar-refractivity contribution in [3.63, 3.8) is 0 Å². The first-order chi connectivity index (χ1) is 14.2. The van der Waals surface area contributed by atoms with E-state index in [2.05, 4.69) is 10.0 Å². The number of hydrogen-bond acceptors (Lipinski definition) is 6. The lowest BCUT2D eigenvalue weighted by atomic mass is 10.1. The van der Waals surface area contributed by atoms with Gasteiger partial charge in [0.15, 0.2) is 11.5 Å². The van der Waals surface area contributed by atoms with Crippen molar-refractivity contribution in [3.05, 3.63) is 47.0 Å². The number of methoxy groups -OCH3 is 2. The van der Waals surface area contributed by atoms with E-state index in [1.807, 2.05) is 0 Å². The predicted molar refractivity (Wildman–Crippen MR) is 111 cm³/mol. The maximum Gasteiger partial charge on any atom is 0.255 e. The second-order valence-electron chi connectivity index (χ2n) is 6.94. The van der Waals surface area contributed by atoms with Gasteiger partial charge in [-0.15, -0.1) is 0 Å². The molecular weight excluding hydrogens is 410 g/mol. The number of benzene rings is 2. The van der Waals surface area contributed by atoms with Gasteiger partial charge in [-0.3, -0.25) is 9.59 Å². The number of nitrogens with one attached hydrogen (secondary N) is 2. The van der Waals surface area contributed by atoms with Gasteiger partial charge in [0.25, 0.3) is 11.8 Å². The third-order valence-corrected chi connectivity index (χ3v) is 6.22. The van der Waals surface area contributed by atoms with E-state index in [-0.39, 0.29) is 33.5 Å². The Morgan fingerprint density at radius 3 is 2.23 bits per heavy atom. The first-order valence-electron chi connectivity index (χ1n) is 9.16. The summed E-state index contributed by atoms with van der Waals surface area (Å²) < 4.78 is 37.9. The molecule has 2 aromatic rings. The molecule has 0 heterocycles. The first kappa shape index (κ1) is 21.6. The number of amides is 2. The molecule has 10 heteroatoms. The molecule has 160 valence electrons. The molecule has 30 heavy (non-hydrogen) atoms. The third kappa shape index (κ3) is 4.55. The van der Waals surface area contributed by atoms with Crippen LogP contribution in [-0.4, -0.2) is 40.5 Å². The number of anilines is 1. The molecule has 1 fully saturated rings. The molecular formula is C20H23N3O6S. The van der Waals surface area contributed by atoms with Gasteiger partial charge in [0.05, 0.1) is 30.4 Å². The third-order valence-electron chi connectivity index (χ3n) is 4.70. The van der Waals surface area contributed by atoms with E-state index >= 15 is 0 Å². The van der Waals surface area contributed by atoms with Gasteiger partial charge in [0, 0.05) is 17.7 Å². The number of primary amides is 1. The minimum absolute atomic E-state index is 0.00686. The van der Waals surface area contributed by atoms with Crippen molar-refractivity contribution in [2.75, 3.05) is 19.5 Å². The van der Waals surface area contributed by atoms with Gasteiger partial charge in [-0.25, -0.2) is 13.1 Å². The highest BCUT2D eigenvalue weighted by atomic mass is 32.2. The summed E-state index contributed by atoms with van der Waals surface area (Å²) in [7, 11) is -0.901. The number of rotatable bonds is 8. The first-order valence-corrected chi connectivity index (χ1v) is 10.6. The van der Waals surface area contributed by atoms with Crippen molar-refractivity contribution >= 4 is 27.5 Å². The van der Waals surface area contributed by atoms with Crippen LogP contribution in [0, 0.1) is 6.92 Å². The minimum atomic E-state index is -3.72. The summed E-state index contributed by atoms with van der Waals surface area (Å²) >= 11 is 0. The molecule has 9 nitrogen and oxygen atoms in total. The second kappa shape index (κ2) is 8.33. The van der Waals surface area contributed by atoms with Gasteiger partial charge in [0.2, 0.25) is 10.0 Å². The Balaban J connectivity index is 1.96. The summed E-state index contributed by atoms with van der Waals surface area (Å²) in [6.07, 6.45) is 1.60. The fraction of sp³-hybridized carbons (Fsp3) is 0.300. The Labute approximate surface area is 174 Å². The van der Waals surface area contributed by atoms with Crippen LogP contribution >= 0.6 is 0 Å². The Kier molecular flexibility index (Phi) is 5.99. The van der Waals surface area contributed by atoms with Gasteiger partial charge in [-0.1, -0.05) is 6.07 Å². The molecule has 3 rings (SSSR count).